The van der Waals surface area contributed by atoms with Gasteiger partial charge >= 0.3 is 17.9 Å². The molecule has 0 spiro atoms. The van der Waals surface area contributed by atoms with Gasteiger partial charge in [-0.2, -0.15) is 0 Å². The molecular weight excluding hydrogens is 508 g/mol. The molecule has 2 aliphatic heterocycles. The van der Waals surface area contributed by atoms with Gasteiger partial charge in [0, 0.05) is 23.1 Å². The minimum Gasteiger partial charge on any atom is -0.487 e. The Hall–Kier alpha value is -4.34. The van der Waals surface area contributed by atoms with Crippen molar-refractivity contribution in [1.82, 2.24) is 0 Å². The number of esters is 3. The third-order valence-corrected chi connectivity index (χ3v) is 7.78. The minimum absolute atomic E-state index is 0.0855. The molecule has 2 aromatic carbocycles. The van der Waals surface area contributed by atoms with Gasteiger partial charge in [0.1, 0.15) is 18.1 Å². The predicted octanol–water partition coefficient (Wildman–Crippen LogP) is 3.46. The van der Waals surface area contributed by atoms with Crippen LogP contribution in [-0.2, 0) is 34.0 Å². The molecule has 0 saturated carbocycles. The maximum atomic E-state index is 13.9. The summed E-state index contributed by atoms with van der Waals surface area (Å²) in [6.45, 7) is 3.46. The van der Waals surface area contributed by atoms with Crippen molar-refractivity contribution < 1.29 is 47.6 Å². The van der Waals surface area contributed by atoms with Gasteiger partial charge in [-0.3, -0.25) is 4.79 Å². The molecule has 0 unspecified atom stereocenters. The van der Waals surface area contributed by atoms with Crippen LogP contribution in [0, 0.1) is 11.8 Å². The summed E-state index contributed by atoms with van der Waals surface area (Å²) in [4.78, 5) is 52.6. The molecule has 0 aromatic heterocycles. The van der Waals surface area contributed by atoms with Crippen molar-refractivity contribution in [3.05, 3.63) is 64.7 Å². The van der Waals surface area contributed by atoms with Crippen LogP contribution in [0.3, 0.4) is 0 Å². The number of Topliss-reactive ketones (excluding diaryl/α,β-unsaturated/α-hetero) is 1. The first kappa shape index (κ1) is 26.3. The van der Waals surface area contributed by atoms with Gasteiger partial charge in [0.25, 0.3) is 5.78 Å². The first-order chi connectivity index (χ1) is 18.7. The first-order valence-electron chi connectivity index (χ1n) is 12.5. The highest BCUT2D eigenvalue weighted by molar-refractivity contribution is 6.38. The van der Waals surface area contributed by atoms with Gasteiger partial charge < -0.3 is 28.4 Å². The van der Waals surface area contributed by atoms with E-state index in [1.165, 1.54) is 13.2 Å². The highest BCUT2D eigenvalue weighted by atomic mass is 16.7. The van der Waals surface area contributed by atoms with Crippen LogP contribution in [-0.4, -0.2) is 51.3 Å². The fourth-order valence-corrected chi connectivity index (χ4v) is 5.53. The summed E-state index contributed by atoms with van der Waals surface area (Å²) >= 11 is 0. The van der Waals surface area contributed by atoms with Crippen LogP contribution < -0.4 is 14.2 Å². The molecule has 0 N–H and O–H groups in total. The molecule has 10 heteroatoms. The number of ether oxygens (including phenoxy) is 6. The zero-order chi connectivity index (χ0) is 27.9. The van der Waals surface area contributed by atoms with Crippen LogP contribution >= 0.6 is 0 Å². The lowest BCUT2D eigenvalue weighted by molar-refractivity contribution is -0.154. The van der Waals surface area contributed by atoms with Crippen LogP contribution in [0.2, 0.25) is 0 Å². The second kappa shape index (κ2) is 10.1. The van der Waals surface area contributed by atoms with E-state index >= 15 is 0 Å². The third-order valence-electron chi connectivity index (χ3n) is 7.78. The Kier molecular flexibility index (Phi) is 6.80. The molecule has 1 aliphatic carbocycles. The van der Waals surface area contributed by atoms with E-state index in [1.807, 2.05) is 13.8 Å². The van der Waals surface area contributed by atoms with Crippen molar-refractivity contribution in [3.63, 3.8) is 0 Å². The molecule has 0 fully saturated rings. The Bertz CT molecular complexity index is 1380. The monoisotopic (exact) mass is 536 g/mol. The van der Waals surface area contributed by atoms with Crippen LogP contribution in [0.5, 0.6) is 17.2 Å². The molecule has 0 amide bonds. The standard InChI is InChI=1S/C29H28O10/c1-15-10-18(11-21(30)34-3)29(26(31)28(33)35-4)13-36-25-22(29)19(12-20-24(25)38-14-37-20)23(16(15)2)39-27(32)17-8-6-5-7-9-17/h5-9,11-12,15-16,23H,10,13-14H2,1-4H3/t15-,16+,23-,29+/m1/s1. The molecule has 0 radical (unpaired) electrons. The number of hydrogen-bond acceptors (Lipinski definition) is 10. The Morgan fingerprint density at radius 1 is 0.974 bits per heavy atom. The first-order valence-corrected chi connectivity index (χ1v) is 12.5. The summed E-state index contributed by atoms with van der Waals surface area (Å²) in [6, 6.07) is 10.2. The lowest BCUT2D eigenvalue weighted by atomic mass is 9.63. The Balaban J connectivity index is 1.79. The van der Waals surface area contributed by atoms with Gasteiger partial charge in [0.05, 0.1) is 19.8 Å². The Labute approximate surface area is 224 Å². The highest BCUT2D eigenvalue weighted by Crippen LogP contribution is 2.59. The number of carbonyl (C=O) groups excluding carboxylic acids is 4. The van der Waals surface area contributed by atoms with E-state index in [-0.39, 0.29) is 48.7 Å². The molecule has 204 valence electrons. The molecule has 0 bridgehead atoms. The summed E-state index contributed by atoms with van der Waals surface area (Å²) in [5.74, 6) is -2.99. The number of ketones is 1. The predicted molar refractivity (Wildman–Crippen MR) is 134 cm³/mol. The van der Waals surface area contributed by atoms with E-state index in [0.717, 1.165) is 7.11 Å². The van der Waals surface area contributed by atoms with E-state index in [4.69, 9.17) is 28.4 Å². The number of methoxy groups -OCH3 is 2. The van der Waals surface area contributed by atoms with Crippen molar-refractivity contribution in [1.29, 1.82) is 0 Å². The topological polar surface area (TPSA) is 124 Å². The number of hydrogen-bond donors (Lipinski definition) is 0. The van der Waals surface area contributed by atoms with Crippen LogP contribution in [0.15, 0.2) is 48.0 Å². The average Bonchev–Trinajstić information content (AvgIpc) is 3.59. The van der Waals surface area contributed by atoms with Crippen molar-refractivity contribution in [3.8, 4) is 17.2 Å². The molecule has 2 heterocycles. The molecule has 2 aromatic rings. The van der Waals surface area contributed by atoms with Gasteiger partial charge in [-0.05, 0) is 36.1 Å². The quantitative estimate of drug-likeness (QED) is 0.243. The van der Waals surface area contributed by atoms with E-state index in [2.05, 4.69) is 0 Å². The van der Waals surface area contributed by atoms with E-state index in [1.54, 1.807) is 36.4 Å². The number of benzene rings is 2. The third kappa shape index (κ3) is 4.20. The summed E-state index contributed by atoms with van der Waals surface area (Å²) < 4.78 is 33.3. The number of carbonyl (C=O) groups is 4. The van der Waals surface area contributed by atoms with E-state index in [0.29, 0.717) is 22.4 Å². The Morgan fingerprint density at radius 2 is 1.72 bits per heavy atom. The van der Waals surface area contributed by atoms with Gasteiger partial charge in [0.15, 0.2) is 11.5 Å². The lowest BCUT2D eigenvalue weighted by Gasteiger charge is -2.39. The van der Waals surface area contributed by atoms with Crippen molar-refractivity contribution in [2.75, 3.05) is 27.6 Å². The van der Waals surface area contributed by atoms with Gasteiger partial charge in [-0.1, -0.05) is 32.0 Å². The molecular formula is C29H28O10. The zero-order valence-electron chi connectivity index (χ0n) is 22.0. The largest absolute Gasteiger partial charge is 0.487 e. The highest BCUT2D eigenvalue weighted by Gasteiger charge is 2.58. The van der Waals surface area contributed by atoms with Crippen LogP contribution in [0.4, 0.5) is 0 Å². The summed E-state index contributed by atoms with van der Waals surface area (Å²) in [5, 5.41) is 0. The minimum atomic E-state index is -1.75. The molecule has 39 heavy (non-hydrogen) atoms. The molecule has 0 saturated heterocycles. The summed E-state index contributed by atoms with van der Waals surface area (Å²) in [5.41, 5.74) is -0.365. The van der Waals surface area contributed by atoms with Gasteiger partial charge in [-0.25, -0.2) is 14.4 Å². The summed E-state index contributed by atoms with van der Waals surface area (Å²) in [6.07, 6.45) is 0.574. The molecule has 3 aliphatic rings. The maximum absolute atomic E-state index is 13.9. The second-order valence-electron chi connectivity index (χ2n) is 9.84. The second-order valence-corrected chi connectivity index (χ2v) is 9.84. The smallest absolute Gasteiger partial charge is 0.375 e. The van der Waals surface area contributed by atoms with Crippen LogP contribution in [0.25, 0.3) is 0 Å². The van der Waals surface area contributed by atoms with Crippen molar-refractivity contribution in [2.24, 2.45) is 11.8 Å². The normalized spacial score (nSPS) is 25.5. The maximum Gasteiger partial charge on any atom is 0.375 e. The number of rotatable bonds is 5. The fourth-order valence-electron chi connectivity index (χ4n) is 5.53. The van der Waals surface area contributed by atoms with Gasteiger partial charge in [-0.15, -0.1) is 0 Å². The SMILES string of the molecule is COC(=O)C=C1C[C@@H](C)[C@H](C)[C@@H](OC(=O)c2ccccc2)c2cc3c(c4c2[C@]1(C(=O)C(=O)OC)CO4)OCO3. The lowest BCUT2D eigenvalue weighted by Crippen LogP contribution is -2.47. The Morgan fingerprint density at radius 3 is 2.41 bits per heavy atom. The number of fused-ring (bicyclic) bond motifs is 2. The molecule has 10 nitrogen and oxygen atoms in total. The summed E-state index contributed by atoms with van der Waals surface area (Å²) in [7, 11) is 2.33. The van der Waals surface area contributed by atoms with Crippen molar-refractivity contribution in [2.45, 2.75) is 31.8 Å². The zero-order valence-corrected chi connectivity index (χ0v) is 22.0. The molecule has 5 rings (SSSR count). The average molecular weight is 537 g/mol. The van der Waals surface area contributed by atoms with E-state index < -0.39 is 35.2 Å². The van der Waals surface area contributed by atoms with E-state index in [9.17, 15) is 19.2 Å². The fraction of sp³-hybridized carbons (Fsp3) is 0.379. The van der Waals surface area contributed by atoms with Gasteiger partial charge in [0.2, 0.25) is 12.5 Å². The van der Waals surface area contributed by atoms with Crippen molar-refractivity contribution >= 4 is 23.7 Å². The molecule has 4 atom stereocenters. The van der Waals surface area contributed by atoms with Crippen LogP contribution in [0.1, 0.15) is 47.9 Å².